The summed E-state index contributed by atoms with van der Waals surface area (Å²) in [6.45, 7) is 2.60. The Hall–Kier alpha value is -0.580. The number of anilines is 1. The highest BCUT2D eigenvalue weighted by molar-refractivity contribution is 9.10. The molecule has 4 heteroatoms. The average molecular weight is 328 g/mol. The van der Waals surface area contributed by atoms with Crippen LogP contribution in [0.3, 0.4) is 0 Å². The Kier molecular flexibility index (Phi) is 5.25. The second kappa shape index (κ2) is 6.73. The summed E-state index contributed by atoms with van der Waals surface area (Å²) >= 11 is 3.60. The maximum atomic E-state index is 9.62. The van der Waals surface area contributed by atoms with E-state index in [0.717, 1.165) is 15.7 Å². The van der Waals surface area contributed by atoms with Crippen LogP contribution in [0.5, 0.6) is 0 Å². The third-order valence-electron chi connectivity index (χ3n) is 3.87. The smallest absolute Gasteiger partial charge is 0.0762 e. The first-order valence-corrected chi connectivity index (χ1v) is 7.77. The summed E-state index contributed by atoms with van der Waals surface area (Å²) in [5, 5.41) is 18.9. The maximum Gasteiger partial charge on any atom is 0.0762 e. The van der Waals surface area contributed by atoms with Crippen molar-refractivity contribution in [1.29, 1.82) is 0 Å². The third kappa shape index (κ3) is 3.50. The molecule has 0 radical (unpaired) electrons. The van der Waals surface area contributed by atoms with Crippen LogP contribution in [0.2, 0.25) is 0 Å². The second-order valence-electron chi connectivity index (χ2n) is 5.24. The van der Waals surface area contributed by atoms with Crippen LogP contribution in [0.4, 0.5) is 5.69 Å². The molecule has 0 heterocycles. The van der Waals surface area contributed by atoms with Gasteiger partial charge >= 0.3 is 0 Å². The highest BCUT2D eigenvalue weighted by Gasteiger charge is 2.24. The van der Waals surface area contributed by atoms with Crippen LogP contribution in [0.15, 0.2) is 22.7 Å². The molecule has 3 nitrogen and oxygen atoms in total. The Labute approximate surface area is 123 Å². The molecule has 1 atom stereocenters. The van der Waals surface area contributed by atoms with Gasteiger partial charge in [-0.05, 0) is 53.4 Å². The zero-order chi connectivity index (χ0) is 13.8. The molecule has 1 aliphatic rings. The lowest BCUT2D eigenvalue weighted by Crippen LogP contribution is -2.35. The normalized spacial score (nSPS) is 17.7. The van der Waals surface area contributed by atoms with Crippen molar-refractivity contribution in [3.05, 3.63) is 28.2 Å². The van der Waals surface area contributed by atoms with Crippen LogP contribution in [-0.2, 0) is 0 Å². The largest absolute Gasteiger partial charge is 0.395 e. The van der Waals surface area contributed by atoms with Gasteiger partial charge in [-0.1, -0.05) is 18.9 Å². The Morgan fingerprint density at radius 2 is 2.05 bits per heavy atom. The monoisotopic (exact) mass is 327 g/mol. The van der Waals surface area contributed by atoms with Gasteiger partial charge in [0.05, 0.1) is 18.4 Å². The molecule has 0 saturated heterocycles. The van der Waals surface area contributed by atoms with Crippen LogP contribution < -0.4 is 4.90 Å². The lowest BCUT2D eigenvalue weighted by Gasteiger charge is -2.31. The van der Waals surface area contributed by atoms with Crippen LogP contribution in [0.25, 0.3) is 0 Å². The van der Waals surface area contributed by atoms with E-state index < -0.39 is 6.10 Å². The Bertz CT molecular complexity index is 417. The van der Waals surface area contributed by atoms with Gasteiger partial charge in [0, 0.05) is 17.1 Å². The van der Waals surface area contributed by atoms with Gasteiger partial charge in [0.15, 0.2) is 0 Å². The standard InChI is InChI=1S/C15H22BrNO2/c1-11(19)12-6-7-15(14(16)10-12)17(8-9-18)13-4-2-3-5-13/h6-7,10-11,13,18-19H,2-5,8-9H2,1H3. The van der Waals surface area contributed by atoms with E-state index in [0.29, 0.717) is 12.6 Å². The quantitative estimate of drug-likeness (QED) is 0.872. The minimum atomic E-state index is -0.455. The Morgan fingerprint density at radius 1 is 1.37 bits per heavy atom. The molecule has 0 aromatic heterocycles. The van der Waals surface area contributed by atoms with E-state index in [2.05, 4.69) is 20.8 Å². The van der Waals surface area contributed by atoms with Crippen LogP contribution in [-0.4, -0.2) is 29.4 Å². The summed E-state index contributed by atoms with van der Waals surface area (Å²) < 4.78 is 0.992. The van der Waals surface area contributed by atoms with E-state index in [4.69, 9.17) is 0 Å². The van der Waals surface area contributed by atoms with Crippen molar-refractivity contribution in [1.82, 2.24) is 0 Å². The summed E-state index contributed by atoms with van der Waals surface area (Å²) in [7, 11) is 0. The first-order chi connectivity index (χ1) is 9.13. The van der Waals surface area contributed by atoms with Crippen molar-refractivity contribution in [2.75, 3.05) is 18.1 Å². The molecule has 1 saturated carbocycles. The molecule has 19 heavy (non-hydrogen) atoms. The highest BCUT2D eigenvalue weighted by atomic mass is 79.9. The van der Waals surface area contributed by atoms with Crippen molar-refractivity contribution in [3.8, 4) is 0 Å². The fourth-order valence-corrected chi connectivity index (χ4v) is 3.46. The van der Waals surface area contributed by atoms with Gasteiger partial charge in [-0.25, -0.2) is 0 Å². The number of nitrogens with zero attached hydrogens (tertiary/aromatic N) is 1. The predicted octanol–water partition coefficient (Wildman–Crippen LogP) is 3.24. The zero-order valence-corrected chi connectivity index (χ0v) is 12.9. The first-order valence-electron chi connectivity index (χ1n) is 6.98. The van der Waals surface area contributed by atoms with Gasteiger partial charge in [-0.3, -0.25) is 0 Å². The number of halogens is 1. The lowest BCUT2D eigenvalue weighted by atomic mass is 10.1. The number of hydrogen-bond donors (Lipinski definition) is 2. The number of benzene rings is 1. The number of hydrogen-bond acceptors (Lipinski definition) is 3. The SMILES string of the molecule is CC(O)c1ccc(N(CCO)C2CCCC2)c(Br)c1. The van der Waals surface area contributed by atoms with Crippen molar-refractivity contribution in [2.45, 2.75) is 44.8 Å². The lowest BCUT2D eigenvalue weighted by molar-refractivity contribution is 0.199. The van der Waals surface area contributed by atoms with Crippen molar-refractivity contribution in [2.24, 2.45) is 0 Å². The summed E-state index contributed by atoms with van der Waals surface area (Å²) in [5.74, 6) is 0. The minimum absolute atomic E-state index is 0.168. The average Bonchev–Trinajstić information content (AvgIpc) is 2.90. The molecule has 1 unspecified atom stereocenters. The maximum absolute atomic E-state index is 9.62. The molecule has 1 aromatic carbocycles. The molecule has 0 aliphatic heterocycles. The molecule has 1 aromatic rings. The summed E-state index contributed by atoms with van der Waals surface area (Å²) in [6, 6.07) is 6.50. The molecular formula is C15H22BrNO2. The molecule has 106 valence electrons. The fourth-order valence-electron chi connectivity index (χ4n) is 2.84. The van der Waals surface area contributed by atoms with Gasteiger partial charge < -0.3 is 15.1 Å². The van der Waals surface area contributed by atoms with E-state index in [1.54, 1.807) is 6.92 Å². The van der Waals surface area contributed by atoms with Gasteiger partial charge in [0.2, 0.25) is 0 Å². The molecule has 2 rings (SSSR count). The number of aliphatic hydroxyl groups excluding tert-OH is 2. The topological polar surface area (TPSA) is 43.7 Å². The van der Waals surface area contributed by atoms with Gasteiger partial charge in [-0.2, -0.15) is 0 Å². The first kappa shape index (κ1) is 14.8. The molecular weight excluding hydrogens is 306 g/mol. The van der Waals surface area contributed by atoms with E-state index in [1.165, 1.54) is 25.7 Å². The third-order valence-corrected chi connectivity index (χ3v) is 4.51. The zero-order valence-electron chi connectivity index (χ0n) is 11.3. The Balaban J connectivity index is 2.25. The van der Waals surface area contributed by atoms with Crippen LogP contribution in [0.1, 0.15) is 44.3 Å². The van der Waals surface area contributed by atoms with Gasteiger partial charge in [0.25, 0.3) is 0 Å². The number of rotatable bonds is 5. The van der Waals surface area contributed by atoms with Crippen molar-refractivity contribution in [3.63, 3.8) is 0 Å². The fraction of sp³-hybridized carbons (Fsp3) is 0.600. The molecule has 1 aliphatic carbocycles. The molecule has 0 amide bonds. The highest BCUT2D eigenvalue weighted by Crippen LogP contribution is 2.34. The van der Waals surface area contributed by atoms with E-state index in [-0.39, 0.29) is 6.61 Å². The predicted molar refractivity (Wildman–Crippen MR) is 81.5 cm³/mol. The van der Waals surface area contributed by atoms with E-state index in [9.17, 15) is 10.2 Å². The van der Waals surface area contributed by atoms with Gasteiger partial charge in [0.1, 0.15) is 0 Å². The molecule has 0 spiro atoms. The van der Waals surface area contributed by atoms with Crippen LogP contribution in [0, 0.1) is 0 Å². The Morgan fingerprint density at radius 3 is 2.58 bits per heavy atom. The number of aliphatic hydroxyl groups is 2. The molecule has 2 N–H and O–H groups in total. The summed E-state index contributed by atoms with van der Waals surface area (Å²) in [4.78, 5) is 2.29. The second-order valence-corrected chi connectivity index (χ2v) is 6.10. The van der Waals surface area contributed by atoms with E-state index in [1.807, 2.05) is 18.2 Å². The van der Waals surface area contributed by atoms with Crippen molar-refractivity contribution < 1.29 is 10.2 Å². The minimum Gasteiger partial charge on any atom is -0.395 e. The summed E-state index contributed by atoms with van der Waals surface area (Å²) in [5.41, 5.74) is 2.02. The van der Waals surface area contributed by atoms with Crippen LogP contribution >= 0.6 is 15.9 Å². The molecule has 1 fully saturated rings. The summed E-state index contributed by atoms with van der Waals surface area (Å²) in [6.07, 6.45) is 4.49. The molecule has 0 bridgehead atoms. The van der Waals surface area contributed by atoms with E-state index >= 15 is 0 Å². The van der Waals surface area contributed by atoms with Crippen molar-refractivity contribution >= 4 is 21.6 Å². The van der Waals surface area contributed by atoms with Gasteiger partial charge in [-0.15, -0.1) is 0 Å².